The van der Waals surface area contributed by atoms with Crippen LogP contribution in [0.2, 0.25) is 0 Å². The lowest BCUT2D eigenvalue weighted by molar-refractivity contribution is -0.870. The van der Waals surface area contributed by atoms with Crippen molar-refractivity contribution in [3.8, 4) is 0 Å². The van der Waals surface area contributed by atoms with E-state index in [2.05, 4.69) is 55.6 Å². The summed E-state index contributed by atoms with van der Waals surface area (Å²) in [5.74, 6) is -0.207. The number of aliphatic hydroxyl groups excluding tert-OH is 1. The molecule has 0 aliphatic carbocycles. The number of phosphoric ester groups is 1. The number of unbranched alkanes of at least 4 members (excludes halogenated alkanes) is 32. The number of hydrogen-bond donors (Lipinski definition) is 2. The SMILES string of the molecule is CCCCCCC/C=C\C/C=C\CCCCCCCCCCCCCCCC(=O)NC(COP(=O)([O-])OCC[N+](C)(C)C)C(O)/C=C/CC/C=C/CCCCCCCCCCCCCCC. The Bertz CT molecular complexity index is 1210. The van der Waals surface area contributed by atoms with Gasteiger partial charge in [0.25, 0.3) is 7.82 Å². The van der Waals surface area contributed by atoms with Crippen LogP contribution in [-0.4, -0.2) is 68.5 Å². The van der Waals surface area contributed by atoms with E-state index in [1.165, 1.54) is 193 Å². The number of rotatable bonds is 51. The molecule has 3 unspecified atom stereocenters. The van der Waals surface area contributed by atoms with Crippen LogP contribution in [0.4, 0.5) is 0 Å². The van der Waals surface area contributed by atoms with Gasteiger partial charge in [0, 0.05) is 6.42 Å². The van der Waals surface area contributed by atoms with Crippen molar-refractivity contribution >= 4 is 13.7 Å². The molecule has 0 aliphatic heterocycles. The fraction of sp³-hybridized carbons (Fsp3) is 0.842. The Hall–Kier alpha value is -1.54. The van der Waals surface area contributed by atoms with E-state index in [-0.39, 0.29) is 12.5 Å². The van der Waals surface area contributed by atoms with E-state index in [4.69, 9.17) is 9.05 Å². The molecule has 0 saturated heterocycles. The van der Waals surface area contributed by atoms with Gasteiger partial charge >= 0.3 is 0 Å². The third kappa shape index (κ3) is 50.3. The van der Waals surface area contributed by atoms with Gasteiger partial charge < -0.3 is 28.8 Å². The minimum Gasteiger partial charge on any atom is -0.756 e. The summed E-state index contributed by atoms with van der Waals surface area (Å²) >= 11 is 0. The Kier molecular flexibility index (Phi) is 47.4. The van der Waals surface area contributed by atoms with E-state index in [0.717, 1.165) is 44.9 Å². The van der Waals surface area contributed by atoms with E-state index in [0.29, 0.717) is 17.4 Å². The number of nitrogens with one attached hydrogen (secondary N) is 1. The molecule has 0 aromatic rings. The first-order valence-corrected chi connectivity index (χ1v) is 29.5. The van der Waals surface area contributed by atoms with Crippen LogP contribution in [0.5, 0.6) is 0 Å². The van der Waals surface area contributed by atoms with Gasteiger partial charge in [0.2, 0.25) is 5.91 Å². The molecule has 0 bridgehead atoms. The Labute approximate surface area is 409 Å². The lowest BCUT2D eigenvalue weighted by atomic mass is 10.0. The number of likely N-dealkylation sites (N-methyl/N-ethyl adjacent to an activating group) is 1. The molecule has 0 aromatic carbocycles. The molecule has 0 heterocycles. The van der Waals surface area contributed by atoms with Crippen LogP contribution in [0.15, 0.2) is 48.6 Å². The van der Waals surface area contributed by atoms with Crippen molar-refractivity contribution < 1.29 is 32.9 Å². The van der Waals surface area contributed by atoms with Crippen molar-refractivity contribution in [3.05, 3.63) is 48.6 Å². The molecular weight excluding hydrogens is 840 g/mol. The third-order valence-corrected chi connectivity index (χ3v) is 13.5. The zero-order valence-electron chi connectivity index (χ0n) is 44.1. The average Bonchev–Trinajstić information content (AvgIpc) is 3.28. The highest BCUT2D eigenvalue weighted by Gasteiger charge is 2.23. The number of amides is 1. The van der Waals surface area contributed by atoms with Crippen molar-refractivity contribution in [2.45, 2.75) is 270 Å². The van der Waals surface area contributed by atoms with E-state index >= 15 is 0 Å². The molecule has 8 nitrogen and oxygen atoms in total. The number of hydrogen-bond acceptors (Lipinski definition) is 6. The standard InChI is InChI=1S/C57H109N2O6P/c1-6-8-10-12-14-16-18-20-22-24-26-27-28-29-30-31-33-35-37-39-41-43-45-47-49-51-57(61)58-55(54-65-66(62,63)64-53-52-59(3,4)5)56(60)50-48-46-44-42-40-38-36-34-32-25-23-21-19-17-15-13-11-9-7-2/h18,20,24,26,40,42,48,50,55-56,60H,6-17,19,21-23,25,27-39,41,43-47,49,51-54H2,1-5H3,(H-,58,61,62,63)/b20-18-,26-24-,42-40+,50-48+. The van der Waals surface area contributed by atoms with Gasteiger partial charge in [-0.3, -0.25) is 9.36 Å². The Morgan fingerprint density at radius 1 is 0.530 bits per heavy atom. The molecule has 1 amide bonds. The van der Waals surface area contributed by atoms with Gasteiger partial charge in [0.1, 0.15) is 13.2 Å². The zero-order chi connectivity index (χ0) is 48.5. The van der Waals surface area contributed by atoms with Gasteiger partial charge in [0.15, 0.2) is 0 Å². The van der Waals surface area contributed by atoms with Gasteiger partial charge in [-0.2, -0.15) is 0 Å². The topological polar surface area (TPSA) is 108 Å². The fourth-order valence-electron chi connectivity index (χ4n) is 8.08. The minimum atomic E-state index is -4.60. The smallest absolute Gasteiger partial charge is 0.268 e. The summed E-state index contributed by atoms with van der Waals surface area (Å²) < 4.78 is 23.3. The normalized spacial score (nSPS) is 14.3. The summed E-state index contributed by atoms with van der Waals surface area (Å²) in [4.78, 5) is 25.5. The molecule has 9 heteroatoms. The number of phosphoric acid groups is 1. The molecule has 0 saturated carbocycles. The van der Waals surface area contributed by atoms with Crippen LogP contribution < -0.4 is 10.2 Å². The fourth-order valence-corrected chi connectivity index (χ4v) is 8.81. The van der Waals surface area contributed by atoms with Crippen LogP contribution in [-0.2, 0) is 18.4 Å². The number of carbonyl (C=O) groups excluding carboxylic acids is 1. The first-order chi connectivity index (χ1) is 32.0. The number of aliphatic hydroxyl groups is 1. The van der Waals surface area contributed by atoms with Crippen LogP contribution in [0, 0.1) is 0 Å². The zero-order valence-corrected chi connectivity index (χ0v) is 45.0. The lowest BCUT2D eigenvalue weighted by Gasteiger charge is -2.29. The highest BCUT2D eigenvalue weighted by Crippen LogP contribution is 2.38. The van der Waals surface area contributed by atoms with E-state index < -0.39 is 26.6 Å². The Balaban J connectivity index is 4.26. The molecule has 0 rings (SSSR count). The van der Waals surface area contributed by atoms with Crippen LogP contribution >= 0.6 is 7.82 Å². The molecule has 0 radical (unpaired) electrons. The second-order valence-electron chi connectivity index (χ2n) is 20.3. The van der Waals surface area contributed by atoms with Gasteiger partial charge in [-0.25, -0.2) is 0 Å². The monoisotopic (exact) mass is 949 g/mol. The number of quaternary nitrogens is 1. The summed E-state index contributed by atoms with van der Waals surface area (Å²) in [5, 5.41) is 13.9. The second kappa shape index (κ2) is 48.5. The number of allylic oxidation sites excluding steroid dienone is 7. The summed E-state index contributed by atoms with van der Waals surface area (Å²) in [6.45, 7) is 4.64. The molecule has 0 aliphatic rings. The number of nitrogens with zero attached hydrogens (tertiary/aromatic N) is 1. The maximum Gasteiger partial charge on any atom is 0.268 e. The first kappa shape index (κ1) is 64.5. The van der Waals surface area contributed by atoms with Gasteiger partial charge in [-0.05, 0) is 64.2 Å². The molecule has 66 heavy (non-hydrogen) atoms. The second-order valence-corrected chi connectivity index (χ2v) is 21.7. The van der Waals surface area contributed by atoms with E-state index in [9.17, 15) is 19.4 Å². The van der Waals surface area contributed by atoms with Crippen molar-refractivity contribution in [3.63, 3.8) is 0 Å². The predicted octanol–water partition coefficient (Wildman–Crippen LogP) is 16.1. The van der Waals surface area contributed by atoms with Crippen molar-refractivity contribution in [1.82, 2.24) is 5.32 Å². The van der Waals surface area contributed by atoms with Crippen LogP contribution in [0.25, 0.3) is 0 Å². The third-order valence-electron chi connectivity index (χ3n) is 12.5. The minimum absolute atomic E-state index is 0.00674. The van der Waals surface area contributed by atoms with Gasteiger partial charge in [0.05, 0.1) is 39.9 Å². The molecule has 388 valence electrons. The largest absolute Gasteiger partial charge is 0.756 e. The van der Waals surface area contributed by atoms with Crippen LogP contribution in [0.1, 0.15) is 258 Å². The summed E-state index contributed by atoms with van der Waals surface area (Å²) in [6.07, 6.45) is 63.2. The first-order valence-electron chi connectivity index (χ1n) is 28.0. The number of carbonyl (C=O) groups is 1. The molecule has 2 N–H and O–H groups in total. The highest BCUT2D eigenvalue weighted by molar-refractivity contribution is 7.45. The molecule has 0 spiro atoms. The van der Waals surface area contributed by atoms with Crippen molar-refractivity contribution in [2.75, 3.05) is 40.9 Å². The van der Waals surface area contributed by atoms with E-state index in [1.54, 1.807) is 6.08 Å². The van der Waals surface area contributed by atoms with Gasteiger partial charge in [-0.15, -0.1) is 0 Å². The van der Waals surface area contributed by atoms with E-state index in [1.807, 2.05) is 27.2 Å². The van der Waals surface area contributed by atoms with Crippen molar-refractivity contribution in [2.24, 2.45) is 0 Å². The Morgan fingerprint density at radius 2 is 0.894 bits per heavy atom. The van der Waals surface area contributed by atoms with Crippen molar-refractivity contribution in [1.29, 1.82) is 0 Å². The molecular formula is C57H109N2O6P. The average molecular weight is 949 g/mol. The molecule has 0 fully saturated rings. The molecule has 3 atom stereocenters. The lowest BCUT2D eigenvalue weighted by Crippen LogP contribution is -2.45. The maximum absolute atomic E-state index is 12.9. The summed E-state index contributed by atoms with van der Waals surface area (Å²) in [7, 11) is 1.25. The summed E-state index contributed by atoms with van der Waals surface area (Å²) in [6, 6.07) is -0.904. The predicted molar refractivity (Wildman–Crippen MR) is 284 cm³/mol. The summed E-state index contributed by atoms with van der Waals surface area (Å²) in [5.41, 5.74) is 0. The van der Waals surface area contributed by atoms with Gasteiger partial charge in [-0.1, -0.05) is 236 Å². The Morgan fingerprint density at radius 3 is 1.32 bits per heavy atom. The van der Waals surface area contributed by atoms with Crippen LogP contribution in [0.3, 0.4) is 0 Å². The quantitative estimate of drug-likeness (QED) is 0.0272. The highest BCUT2D eigenvalue weighted by atomic mass is 31.2. The molecule has 0 aromatic heterocycles. The maximum atomic E-state index is 12.9.